The first-order chi connectivity index (χ1) is 8.01. The lowest BCUT2D eigenvalue weighted by Gasteiger charge is -2.39. The van der Waals surface area contributed by atoms with Crippen LogP contribution in [0.2, 0.25) is 0 Å². The van der Waals surface area contributed by atoms with Gasteiger partial charge in [0.15, 0.2) is 5.60 Å². The Balaban J connectivity index is 2.34. The number of ether oxygens (including phenoxy) is 2. The molecule has 0 saturated carbocycles. The molecule has 0 spiro atoms. The second kappa shape index (κ2) is 4.02. The maximum absolute atomic E-state index is 11.5. The molecule has 0 unspecified atom stereocenters. The number of hydrogen-bond acceptors (Lipinski definition) is 4. The third kappa shape index (κ3) is 1.88. The topological polar surface area (TPSA) is 52.6 Å². The summed E-state index contributed by atoms with van der Waals surface area (Å²) >= 11 is 0. The van der Waals surface area contributed by atoms with Gasteiger partial charge in [0.25, 0.3) is 0 Å². The van der Waals surface area contributed by atoms with Crippen molar-refractivity contribution >= 4 is 11.9 Å². The Hall–Kier alpha value is -1.58. The third-order valence-electron chi connectivity index (χ3n) is 3.66. The average molecular weight is 236 g/mol. The quantitative estimate of drug-likeness (QED) is 0.416. The first kappa shape index (κ1) is 11.9. The normalized spacial score (nSPS) is 35.8. The summed E-state index contributed by atoms with van der Waals surface area (Å²) in [5.74, 6) is -0.655. The van der Waals surface area contributed by atoms with Gasteiger partial charge in [-0.2, -0.15) is 0 Å². The van der Waals surface area contributed by atoms with Crippen LogP contribution >= 0.6 is 0 Å². The number of carbonyl (C=O) groups is 2. The van der Waals surface area contributed by atoms with E-state index in [0.29, 0.717) is 6.42 Å². The maximum atomic E-state index is 11.5. The number of hydrogen-bond donors (Lipinski definition) is 0. The number of allylic oxidation sites excluding steroid dienone is 1. The van der Waals surface area contributed by atoms with Crippen LogP contribution in [0, 0.1) is 5.41 Å². The Morgan fingerprint density at radius 3 is 3.06 bits per heavy atom. The lowest BCUT2D eigenvalue weighted by atomic mass is 9.67. The third-order valence-corrected chi connectivity index (χ3v) is 3.66. The predicted molar refractivity (Wildman–Crippen MR) is 61.1 cm³/mol. The van der Waals surface area contributed by atoms with Crippen LogP contribution in [0.15, 0.2) is 24.3 Å². The molecule has 17 heavy (non-hydrogen) atoms. The second-order valence-corrected chi connectivity index (χ2v) is 4.80. The van der Waals surface area contributed by atoms with Gasteiger partial charge in [-0.25, -0.2) is 4.79 Å². The van der Waals surface area contributed by atoms with Gasteiger partial charge in [-0.15, -0.1) is 0 Å². The van der Waals surface area contributed by atoms with E-state index in [9.17, 15) is 9.59 Å². The van der Waals surface area contributed by atoms with Crippen molar-refractivity contribution in [2.24, 2.45) is 5.41 Å². The summed E-state index contributed by atoms with van der Waals surface area (Å²) in [6, 6.07) is 0. The lowest BCUT2D eigenvalue weighted by molar-refractivity contribution is -0.144. The highest BCUT2D eigenvalue weighted by Gasteiger charge is 2.55. The number of fused-ring (bicyclic) bond motifs is 1. The Morgan fingerprint density at radius 1 is 1.59 bits per heavy atom. The van der Waals surface area contributed by atoms with Crippen molar-refractivity contribution in [3.05, 3.63) is 24.3 Å². The molecule has 0 N–H and O–H groups in total. The molecule has 1 aliphatic heterocycles. The molecular formula is C13H16O4. The molecular weight excluding hydrogens is 220 g/mol. The van der Waals surface area contributed by atoms with E-state index in [1.165, 1.54) is 13.2 Å². The molecule has 1 aliphatic carbocycles. The average Bonchev–Trinajstić information content (AvgIpc) is 2.56. The monoisotopic (exact) mass is 236 g/mol. The van der Waals surface area contributed by atoms with Gasteiger partial charge in [0, 0.05) is 11.5 Å². The molecule has 0 radical (unpaired) electrons. The van der Waals surface area contributed by atoms with Crippen LogP contribution in [0.25, 0.3) is 0 Å². The largest absolute Gasteiger partial charge is 0.466 e. The molecule has 1 fully saturated rings. The van der Waals surface area contributed by atoms with Crippen LogP contribution in [0.5, 0.6) is 0 Å². The molecule has 4 nitrogen and oxygen atoms in total. The van der Waals surface area contributed by atoms with E-state index in [0.717, 1.165) is 12.8 Å². The van der Waals surface area contributed by atoms with E-state index >= 15 is 0 Å². The van der Waals surface area contributed by atoms with Crippen molar-refractivity contribution in [2.75, 3.05) is 7.11 Å². The van der Waals surface area contributed by atoms with Gasteiger partial charge in [-0.05, 0) is 25.0 Å². The first-order valence-corrected chi connectivity index (χ1v) is 5.68. The second-order valence-electron chi connectivity index (χ2n) is 4.80. The number of esters is 2. The Kier molecular flexibility index (Phi) is 2.81. The Morgan fingerprint density at radius 2 is 2.35 bits per heavy atom. The summed E-state index contributed by atoms with van der Waals surface area (Å²) in [4.78, 5) is 22.7. The number of carbonyl (C=O) groups excluding carboxylic acids is 2. The van der Waals surface area contributed by atoms with E-state index < -0.39 is 11.6 Å². The predicted octanol–water partition coefficient (Wildman–Crippen LogP) is 1.76. The fraction of sp³-hybridized carbons (Fsp3) is 0.538. The lowest BCUT2D eigenvalue weighted by Crippen LogP contribution is -2.41. The van der Waals surface area contributed by atoms with E-state index in [4.69, 9.17) is 4.74 Å². The van der Waals surface area contributed by atoms with Crippen molar-refractivity contribution in [1.82, 2.24) is 0 Å². The van der Waals surface area contributed by atoms with Gasteiger partial charge in [-0.1, -0.05) is 13.0 Å². The highest BCUT2D eigenvalue weighted by Crippen LogP contribution is 2.51. The van der Waals surface area contributed by atoms with Gasteiger partial charge in [0.05, 0.1) is 13.5 Å². The molecule has 0 aromatic heterocycles. The van der Waals surface area contributed by atoms with E-state index in [2.05, 4.69) is 4.74 Å². The maximum Gasteiger partial charge on any atom is 0.330 e. The molecule has 0 bridgehead atoms. The van der Waals surface area contributed by atoms with Crippen molar-refractivity contribution in [1.29, 1.82) is 0 Å². The summed E-state index contributed by atoms with van der Waals surface area (Å²) in [5.41, 5.74) is -1.04. The van der Waals surface area contributed by atoms with Crippen molar-refractivity contribution in [2.45, 2.75) is 31.8 Å². The molecule has 2 rings (SSSR count). The minimum atomic E-state index is -0.781. The standard InChI is InChI=1S/C13H16O4/c1-12-6-3-4-7-13(12,17-11(15)9-12)8-5-10(14)16-2/h4-5,7-8H,3,6,9H2,1-2H3/b8-5+/t12-,13+/m0/s1. The summed E-state index contributed by atoms with van der Waals surface area (Å²) in [6.45, 7) is 2.02. The number of methoxy groups -OCH3 is 1. The molecule has 0 aromatic rings. The fourth-order valence-corrected chi connectivity index (χ4v) is 2.53. The Bertz CT molecular complexity index is 410. The minimum Gasteiger partial charge on any atom is -0.466 e. The smallest absolute Gasteiger partial charge is 0.330 e. The van der Waals surface area contributed by atoms with E-state index in [1.807, 2.05) is 19.1 Å². The molecule has 2 atom stereocenters. The molecule has 2 aliphatic rings. The molecule has 0 amide bonds. The van der Waals surface area contributed by atoms with Crippen LogP contribution in [-0.2, 0) is 19.1 Å². The van der Waals surface area contributed by atoms with Gasteiger partial charge in [-0.3, -0.25) is 4.79 Å². The highest BCUT2D eigenvalue weighted by atomic mass is 16.6. The summed E-state index contributed by atoms with van der Waals surface area (Å²) in [6.07, 6.45) is 9.03. The van der Waals surface area contributed by atoms with Gasteiger partial charge < -0.3 is 9.47 Å². The first-order valence-electron chi connectivity index (χ1n) is 5.68. The highest BCUT2D eigenvalue weighted by molar-refractivity contribution is 5.83. The summed E-state index contributed by atoms with van der Waals surface area (Å²) in [5, 5.41) is 0. The zero-order valence-electron chi connectivity index (χ0n) is 10.1. The number of rotatable bonds is 2. The van der Waals surface area contributed by atoms with E-state index in [-0.39, 0.29) is 11.4 Å². The van der Waals surface area contributed by atoms with Crippen molar-refractivity contribution in [3.63, 3.8) is 0 Å². The fourth-order valence-electron chi connectivity index (χ4n) is 2.53. The van der Waals surface area contributed by atoms with Crippen molar-refractivity contribution in [3.8, 4) is 0 Å². The van der Waals surface area contributed by atoms with Crippen molar-refractivity contribution < 1.29 is 19.1 Å². The van der Waals surface area contributed by atoms with Crippen LogP contribution < -0.4 is 0 Å². The zero-order chi connectivity index (χ0) is 12.5. The van der Waals surface area contributed by atoms with Crippen LogP contribution in [0.4, 0.5) is 0 Å². The zero-order valence-corrected chi connectivity index (χ0v) is 10.1. The minimum absolute atomic E-state index is 0.214. The van der Waals surface area contributed by atoms with Gasteiger partial charge >= 0.3 is 11.9 Å². The molecule has 1 saturated heterocycles. The van der Waals surface area contributed by atoms with Gasteiger partial charge in [0.1, 0.15) is 0 Å². The molecule has 92 valence electrons. The van der Waals surface area contributed by atoms with E-state index in [1.54, 1.807) is 6.08 Å². The molecule has 1 heterocycles. The van der Waals surface area contributed by atoms with Gasteiger partial charge in [0.2, 0.25) is 0 Å². The Labute approximate surface area is 100 Å². The van der Waals surface area contributed by atoms with Crippen LogP contribution in [-0.4, -0.2) is 24.6 Å². The molecule has 4 heteroatoms. The SMILES string of the molecule is COC(=O)/C=C/[C@]12C=CCC[C@@]1(C)CC(=O)O2. The van der Waals surface area contributed by atoms with Crippen LogP contribution in [0.3, 0.4) is 0 Å². The molecule has 0 aromatic carbocycles. The van der Waals surface area contributed by atoms with Crippen LogP contribution in [0.1, 0.15) is 26.2 Å². The summed E-state index contributed by atoms with van der Waals surface area (Å²) < 4.78 is 9.99. The summed E-state index contributed by atoms with van der Waals surface area (Å²) in [7, 11) is 1.32.